The third-order valence-electron chi connectivity index (χ3n) is 2.66. The second-order valence-corrected chi connectivity index (χ2v) is 5.62. The second kappa shape index (κ2) is 5.97. The lowest BCUT2D eigenvalue weighted by molar-refractivity contribution is 0.570. The number of benzene rings is 2. The van der Waals surface area contributed by atoms with E-state index in [0.29, 0.717) is 12.0 Å². The summed E-state index contributed by atoms with van der Waals surface area (Å²) in [6.45, 7) is 0. The standard InChI is InChI=1S/C14H10ClF2I/c15-12(11-3-1-2-4-14(11)18)7-9-5-6-10(16)8-13(9)17/h1-6,8,12H,7H2. The molecule has 0 aliphatic heterocycles. The third kappa shape index (κ3) is 3.20. The quantitative estimate of drug-likeness (QED) is 0.515. The summed E-state index contributed by atoms with van der Waals surface area (Å²) in [5.41, 5.74) is 1.39. The van der Waals surface area contributed by atoms with Crippen LogP contribution in [0.5, 0.6) is 0 Å². The minimum Gasteiger partial charge on any atom is -0.207 e. The van der Waals surface area contributed by atoms with Crippen LogP contribution in [0.25, 0.3) is 0 Å². The van der Waals surface area contributed by atoms with Crippen molar-refractivity contribution in [1.29, 1.82) is 0 Å². The van der Waals surface area contributed by atoms with Crippen LogP contribution in [-0.2, 0) is 6.42 Å². The number of rotatable bonds is 3. The molecule has 0 saturated heterocycles. The van der Waals surface area contributed by atoms with Crippen molar-refractivity contribution in [3.63, 3.8) is 0 Å². The maximum atomic E-state index is 13.5. The van der Waals surface area contributed by atoms with Gasteiger partial charge in [-0.05, 0) is 52.3 Å². The normalized spacial score (nSPS) is 12.4. The molecule has 0 heterocycles. The monoisotopic (exact) mass is 378 g/mol. The van der Waals surface area contributed by atoms with Crippen LogP contribution in [-0.4, -0.2) is 0 Å². The van der Waals surface area contributed by atoms with Gasteiger partial charge in [0.1, 0.15) is 11.6 Å². The zero-order chi connectivity index (χ0) is 13.1. The Kier molecular flexibility index (Phi) is 4.56. The van der Waals surface area contributed by atoms with Crippen molar-refractivity contribution in [2.45, 2.75) is 11.8 Å². The molecule has 2 rings (SSSR count). The topological polar surface area (TPSA) is 0 Å². The van der Waals surface area contributed by atoms with Gasteiger partial charge in [0.15, 0.2) is 0 Å². The SMILES string of the molecule is Fc1ccc(CC(Cl)c2ccccc2I)c(F)c1. The first-order valence-corrected chi connectivity index (χ1v) is 6.92. The van der Waals surface area contributed by atoms with Gasteiger partial charge in [-0.15, -0.1) is 11.6 Å². The summed E-state index contributed by atoms with van der Waals surface area (Å²) in [6, 6.07) is 11.3. The molecule has 1 unspecified atom stereocenters. The molecule has 0 N–H and O–H groups in total. The van der Waals surface area contributed by atoms with Crippen molar-refractivity contribution in [1.82, 2.24) is 0 Å². The average molecular weight is 379 g/mol. The van der Waals surface area contributed by atoms with E-state index in [4.69, 9.17) is 11.6 Å². The van der Waals surface area contributed by atoms with Gasteiger partial charge in [-0.1, -0.05) is 24.3 Å². The Hall–Kier alpha value is -0.680. The van der Waals surface area contributed by atoms with E-state index >= 15 is 0 Å². The van der Waals surface area contributed by atoms with Gasteiger partial charge in [-0.25, -0.2) is 8.78 Å². The lowest BCUT2D eigenvalue weighted by Crippen LogP contribution is -2.00. The van der Waals surface area contributed by atoms with E-state index in [1.165, 1.54) is 12.1 Å². The van der Waals surface area contributed by atoms with E-state index in [1.54, 1.807) is 0 Å². The lowest BCUT2D eigenvalue weighted by atomic mass is 10.0. The van der Waals surface area contributed by atoms with Crippen LogP contribution in [0.15, 0.2) is 42.5 Å². The van der Waals surface area contributed by atoms with Gasteiger partial charge in [0, 0.05) is 9.64 Å². The fourth-order valence-electron chi connectivity index (χ4n) is 1.72. The zero-order valence-corrected chi connectivity index (χ0v) is 12.3. The van der Waals surface area contributed by atoms with E-state index in [9.17, 15) is 8.78 Å². The van der Waals surface area contributed by atoms with Gasteiger partial charge in [-0.2, -0.15) is 0 Å². The first kappa shape index (κ1) is 13.7. The molecule has 4 heteroatoms. The predicted octanol–water partition coefficient (Wildman–Crippen LogP) is 5.09. The summed E-state index contributed by atoms with van der Waals surface area (Å²) >= 11 is 8.49. The van der Waals surface area contributed by atoms with Gasteiger partial charge in [-0.3, -0.25) is 0 Å². The van der Waals surface area contributed by atoms with Crippen molar-refractivity contribution < 1.29 is 8.78 Å². The fraction of sp³-hybridized carbons (Fsp3) is 0.143. The summed E-state index contributed by atoms with van der Waals surface area (Å²) in [4.78, 5) is 0. The molecule has 0 amide bonds. The Bertz CT molecular complexity index is 557. The molecule has 2 aromatic carbocycles. The molecule has 18 heavy (non-hydrogen) atoms. The number of hydrogen-bond donors (Lipinski definition) is 0. The molecular formula is C14H10ClF2I. The average Bonchev–Trinajstić information content (AvgIpc) is 2.33. The van der Waals surface area contributed by atoms with Crippen LogP contribution in [0, 0.1) is 15.2 Å². The number of halogens is 4. The molecule has 0 spiro atoms. The van der Waals surface area contributed by atoms with Crippen LogP contribution in [0.4, 0.5) is 8.78 Å². The van der Waals surface area contributed by atoms with E-state index < -0.39 is 11.6 Å². The highest BCUT2D eigenvalue weighted by Gasteiger charge is 2.14. The van der Waals surface area contributed by atoms with E-state index in [2.05, 4.69) is 22.6 Å². The predicted molar refractivity (Wildman–Crippen MR) is 77.8 cm³/mol. The number of alkyl halides is 1. The molecule has 2 aromatic rings. The highest BCUT2D eigenvalue weighted by atomic mass is 127. The summed E-state index contributed by atoms with van der Waals surface area (Å²) in [5.74, 6) is -1.12. The van der Waals surface area contributed by atoms with Crippen molar-refractivity contribution in [3.05, 3.63) is 68.8 Å². The molecule has 1 atom stereocenters. The Balaban J connectivity index is 2.21. The highest BCUT2D eigenvalue weighted by molar-refractivity contribution is 14.1. The Morgan fingerprint density at radius 2 is 1.83 bits per heavy atom. The maximum absolute atomic E-state index is 13.5. The Morgan fingerprint density at radius 3 is 2.50 bits per heavy atom. The van der Waals surface area contributed by atoms with E-state index in [-0.39, 0.29) is 5.38 Å². The summed E-state index contributed by atoms with van der Waals surface area (Å²) in [7, 11) is 0. The van der Waals surface area contributed by atoms with Crippen molar-refractivity contribution >= 4 is 34.2 Å². The highest BCUT2D eigenvalue weighted by Crippen LogP contribution is 2.29. The third-order valence-corrected chi connectivity index (χ3v) is 4.03. The molecule has 0 aliphatic rings. The molecule has 0 nitrogen and oxygen atoms in total. The van der Waals surface area contributed by atoms with Crippen molar-refractivity contribution in [2.24, 2.45) is 0 Å². The van der Waals surface area contributed by atoms with E-state index in [1.807, 2.05) is 24.3 Å². The van der Waals surface area contributed by atoms with Crippen LogP contribution in [0.1, 0.15) is 16.5 Å². The van der Waals surface area contributed by atoms with Gasteiger partial charge in [0.2, 0.25) is 0 Å². The van der Waals surface area contributed by atoms with Crippen molar-refractivity contribution in [3.8, 4) is 0 Å². The fourth-order valence-corrected chi connectivity index (χ4v) is 3.02. The molecule has 0 aliphatic carbocycles. The summed E-state index contributed by atoms with van der Waals surface area (Å²) < 4.78 is 27.4. The van der Waals surface area contributed by atoms with Gasteiger partial charge >= 0.3 is 0 Å². The van der Waals surface area contributed by atoms with Crippen molar-refractivity contribution in [2.75, 3.05) is 0 Å². The molecule has 0 fully saturated rings. The van der Waals surface area contributed by atoms with Gasteiger partial charge in [0.25, 0.3) is 0 Å². The van der Waals surface area contributed by atoms with E-state index in [0.717, 1.165) is 15.2 Å². The number of hydrogen-bond acceptors (Lipinski definition) is 0. The lowest BCUT2D eigenvalue weighted by Gasteiger charge is -2.12. The molecule has 0 saturated carbocycles. The minimum atomic E-state index is -0.573. The van der Waals surface area contributed by atoms with Crippen LogP contribution in [0.2, 0.25) is 0 Å². The summed E-state index contributed by atoms with van der Waals surface area (Å²) in [6.07, 6.45) is 0.341. The minimum absolute atomic E-state index is 0.321. The van der Waals surface area contributed by atoms with Crippen LogP contribution < -0.4 is 0 Å². The Morgan fingerprint density at radius 1 is 1.11 bits per heavy atom. The largest absolute Gasteiger partial charge is 0.207 e. The first-order valence-electron chi connectivity index (χ1n) is 5.40. The molecule has 0 bridgehead atoms. The van der Waals surface area contributed by atoms with Crippen LogP contribution in [0.3, 0.4) is 0 Å². The maximum Gasteiger partial charge on any atom is 0.129 e. The smallest absolute Gasteiger partial charge is 0.129 e. The summed E-state index contributed by atoms with van der Waals surface area (Å²) in [5, 5.41) is -0.321. The first-order chi connectivity index (χ1) is 8.58. The molecule has 94 valence electrons. The Labute approximate surface area is 123 Å². The zero-order valence-electron chi connectivity index (χ0n) is 9.34. The molecule has 0 radical (unpaired) electrons. The van der Waals surface area contributed by atoms with Gasteiger partial charge < -0.3 is 0 Å². The second-order valence-electron chi connectivity index (χ2n) is 3.93. The molecule has 0 aromatic heterocycles. The van der Waals surface area contributed by atoms with Gasteiger partial charge in [0.05, 0.1) is 5.38 Å². The molecular weight excluding hydrogens is 369 g/mol. The van der Waals surface area contributed by atoms with Crippen LogP contribution >= 0.6 is 34.2 Å².